The molecule has 0 N–H and O–H groups in total. The topological polar surface area (TPSA) is 26.3 Å². The summed E-state index contributed by atoms with van der Waals surface area (Å²) in [7, 11) is 0. The minimum absolute atomic E-state index is 0.173. The molecule has 0 aliphatic heterocycles. The Morgan fingerprint density at radius 3 is 2.43 bits per heavy atom. The van der Waals surface area contributed by atoms with E-state index < -0.39 is 10.8 Å². The van der Waals surface area contributed by atoms with Crippen molar-refractivity contribution in [1.82, 2.24) is 0 Å². The number of ether oxygens (including phenoxy) is 1. The summed E-state index contributed by atoms with van der Waals surface area (Å²) in [5.74, 6) is -0.607. The van der Waals surface area contributed by atoms with Crippen LogP contribution in [0.5, 0.6) is 5.75 Å². The van der Waals surface area contributed by atoms with Crippen LogP contribution in [0.3, 0.4) is 0 Å². The van der Waals surface area contributed by atoms with Crippen LogP contribution in [-0.4, -0.2) is 10.8 Å². The van der Waals surface area contributed by atoms with Crippen LogP contribution in [0.15, 0.2) is 18.2 Å². The number of benzene rings is 1. The van der Waals surface area contributed by atoms with E-state index in [0.717, 1.165) is 0 Å². The molecule has 0 fully saturated rings. The summed E-state index contributed by atoms with van der Waals surface area (Å²) in [5, 5.41) is 0.669. The molecule has 1 rings (SSSR count). The van der Waals surface area contributed by atoms with Gasteiger partial charge in [0.05, 0.1) is 5.02 Å². The van der Waals surface area contributed by atoms with Crippen molar-refractivity contribution in [3.63, 3.8) is 0 Å². The Morgan fingerprint density at radius 2 is 1.93 bits per heavy atom. The zero-order valence-electron chi connectivity index (χ0n) is 6.64. The van der Waals surface area contributed by atoms with Crippen molar-refractivity contribution in [1.29, 1.82) is 0 Å². The summed E-state index contributed by atoms with van der Waals surface area (Å²) in [6, 6.07) is 4.44. The Labute approximate surface area is 101 Å². The summed E-state index contributed by atoms with van der Waals surface area (Å²) >= 11 is 21.9. The van der Waals surface area contributed by atoms with E-state index in [-0.39, 0.29) is 10.8 Å². The van der Waals surface area contributed by atoms with E-state index >= 15 is 0 Å². The van der Waals surface area contributed by atoms with Gasteiger partial charge in [-0.25, -0.2) is 4.79 Å². The fourth-order valence-electron chi connectivity index (χ4n) is 0.711. The molecule has 1 aromatic carbocycles. The summed E-state index contributed by atoms with van der Waals surface area (Å²) in [4.78, 5) is 9.74. The van der Waals surface area contributed by atoms with Gasteiger partial charge in [0.25, 0.3) is 0 Å². The first-order valence-corrected chi connectivity index (χ1v) is 5.08. The number of alkyl halides is 2. The lowest BCUT2D eigenvalue weighted by Gasteiger charge is -2.06. The molecule has 0 heterocycles. The SMILES string of the molecule is O=C(Oc1ccc(Cl)cc1Cl)C(Cl)Cl. The summed E-state index contributed by atoms with van der Waals surface area (Å²) in [5.41, 5.74) is 0. The summed E-state index contributed by atoms with van der Waals surface area (Å²) in [6.07, 6.45) is 0. The van der Waals surface area contributed by atoms with E-state index in [1.165, 1.54) is 18.2 Å². The highest BCUT2D eigenvalue weighted by atomic mass is 35.5. The normalized spacial score (nSPS) is 10.4. The molecule has 0 aliphatic rings. The molecular weight excluding hydrogens is 270 g/mol. The first kappa shape index (κ1) is 11.9. The number of hydrogen-bond acceptors (Lipinski definition) is 2. The van der Waals surface area contributed by atoms with Gasteiger partial charge in [-0.15, -0.1) is 0 Å². The zero-order valence-corrected chi connectivity index (χ0v) is 9.66. The predicted octanol–water partition coefficient (Wildman–Crippen LogP) is 3.70. The maximum atomic E-state index is 11.0. The van der Waals surface area contributed by atoms with Crippen LogP contribution in [0.2, 0.25) is 10.0 Å². The van der Waals surface area contributed by atoms with Crippen LogP contribution in [-0.2, 0) is 4.79 Å². The largest absolute Gasteiger partial charge is 0.423 e. The highest BCUT2D eigenvalue weighted by Crippen LogP contribution is 2.28. The van der Waals surface area contributed by atoms with Crippen LogP contribution < -0.4 is 4.74 Å². The molecule has 0 saturated carbocycles. The lowest BCUT2D eigenvalue weighted by molar-refractivity contribution is -0.132. The summed E-state index contributed by atoms with van der Waals surface area (Å²) in [6.45, 7) is 0. The molecule has 14 heavy (non-hydrogen) atoms. The molecule has 0 saturated heterocycles. The Balaban J connectivity index is 2.82. The molecule has 0 aliphatic carbocycles. The standard InChI is InChI=1S/C8H4Cl4O2/c9-4-1-2-6(5(10)3-4)14-8(13)7(11)12/h1-3,7H. The van der Waals surface area contributed by atoms with Gasteiger partial charge in [-0.2, -0.15) is 0 Å². The minimum atomic E-state index is -1.23. The molecule has 0 radical (unpaired) electrons. The monoisotopic (exact) mass is 272 g/mol. The maximum absolute atomic E-state index is 11.0. The molecular formula is C8H4Cl4O2. The van der Waals surface area contributed by atoms with Gasteiger partial charge in [0.2, 0.25) is 4.84 Å². The van der Waals surface area contributed by atoms with Gasteiger partial charge in [0.15, 0.2) is 0 Å². The van der Waals surface area contributed by atoms with Crippen LogP contribution in [0.25, 0.3) is 0 Å². The van der Waals surface area contributed by atoms with Crippen molar-refractivity contribution in [3.05, 3.63) is 28.2 Å². The van der Waals surface area contributed by atoms with E-state index in [9.17, 15) is 4.79 Å². The van der Waals surface area contributed by atoms with E-state index in [4.69, 9.17) is 51.1 Å². The lowest BCUT2D eigenvalue weighted by Crippen LogP contribution is -2.15. The van der Waals surface area contributed by atoms with Gasteiger partial charge in [-0.05, 0) is 18.2 Å². The number of hydrogen-bond donors (Lipinski definition) is 0. The average Bonchev–Trinajstić information content (AvgIpc) is 2.09. The maximum Gasteiger partial charge on any atom is 0.344 e. The van der Waals surface area contributed by atoms with Gasteiger partial charge in [0, 0.05) is 5.02 Å². The third-order valence-corrected chi connectivity index (χ3v) is 2.17. The Morgan fingerprint density at radius 1 is 1.29 bits per heavy atom. The molecule has 0 amide bonds. The van der Waals surface area contributed by atoms with Gasteiger partial charge in [-0.3, -0.25) is 0 Å². The second-order valence-corrected chi connectivity index (χ2v) is 4.24. The van der Waals surface area contributed by atoms with Crippen molar-refractivity contribution >= 4 is 52.4 Å². The van der Waals surface area contributed by atoms with Crippen LogP contribution in [0.4, 0.5) is 0 Å². The molecule has 6 heteroatoms. The molecule has 0 unspecified atom stereocenters. The highest BCUT2D eigenvalue weighted by molar-refractivity contribution is 6.53. The first-order valence-electron chi connectivity index (χ1n) is 3.45. The number of esters is 1. The Bertz CT molecular complexity index is 351. The van der Waals surface area contributed by atoms with E-state index in [1.54, 1.807) is 0 Å². The van der Waals surface area contributed by atoms with Crippen molar-refractivity contribution in [3.8, 4) is 5.75 Å². The van der Waals surface area contributed by atoms with E-state index in [1.807, 2.05) is 0 Å². The number of carbonyl (C=O) groups is 1. The third kappa shape index (κ3) is 3.21. The van der Waals surface area contributed by atoms with Crippen LogP contribution in [0.1, 0.15) is 0 Å². The molecule has 76 valence electrons. The van der Waals surface area contributed by atoms with Crippen molar-refractivity contribution < 1.29 is 9.53 Å². The molecule has 0 aromatic heterocycles. The first-order chi connectivity index (χ1) is 6.50. The molecule has 0 atom stereocenters. The summed E-state index contributed by atoms with van der Waals surface area (Å²) < 4.78 is 4.77. The predicted molar refractivity (Wildman–Crippen MR) is 57.6 cm³/mol. The fourth-order valence-corrected chi connectivity index (χ4v) is 1.25. The molecule has 1 aromatic rings. The lowest BCUT2D eigenvalue weighted by atomic mass is 10.3. The number of carbonyl (C=O) groups excluding carboxylic acids is 1. The zero-order chi connectivity index (χ0) is 10.7. The quantitative estimate of drug-likeness (QED) is 0.467. The smallest absolute Gasteiger partial charge is 0.344 e. The van der Waals surface area contributed by atoms with Gasteiger partial charge >= 0.3 is 5.97 Å². The van der Waals surface area contributed by atoms with Crippen molar-refractivity contribution in [2.24, 2.45) is 0 Å². The van der Waals surface area contributed by atoms with Gasteiger partial charge < -0.3 is 4.74 Å². The second kappa shape index (κ2) is 5.08. The highest BCUT2D eigenvalue weighted by Gasteiger charge is 2.15. The third-order valence-electron chi connectivity index (χ3n) is 1.28. The van der Waals surface area contributed by atoms with E-state index in [2.05, 4.69) is 0 Å². The Kier molecular flexibility index (Phi) is 4.32. The number of rotatable bonds is 2. The molecule has 0 bridgehead atoms. The van der Waals surface area contributed by atoms with Gasteiger partial charge in [-0.1, -0.05) is 46.4 Å². The Hall–Kier alpha value is -0.150. The molecule has 2 nitrogen and oxygen atoms in total. The van der Waals surface area contributed by atoms with Crippen LogP contribution in [0, 0.1) is 0 Å². The van der Waals surface area contributed by atoms with Crippen molar-refractivity contribution in [2.75, 3.05) is 0 Å². The molecule has 0 spiro atoms. The van der Waals surface area contributed by atoms with Crippen molar-refractivity contribution in [2.45, 2.75) is 4.84 Å². The number of halogens is 4. The fraction of sp³-hybridized carbons (Fsp3) is 0.125. The van der Waals surface area contributed by atoms with E-state index in [0.29, 0.717) is 5.02 Å². The minimum Gasteiger partial charge on any atom is -0.423 e. The second-order valence-electron chi connectivity index (χ2n) is 2.30. The average molecular weight is 274 g/mol. The van der Waals surface area contributed by atoms with Crippen LogP contribution >= 0.6 is 46.4 Å². The van der Waals surface area contributed by atoms with Gasteiger partial charge in [0.1, 0.15) is 5.75 Å².